The lowest BCUT2D eigenvalue weighted by Crippen LogP contribution is -2.50. The highest BCUT2D eigenvalue weighted by Gasteiger charge is 2.41. The lowest BCUT2D eigenvalue weighted by atomic mass is 9.80. The first kappa shape index (κ1) is 30.3. The molecule has 0 N–H and O–H groups in total. The number of likely N-dealkylation sites (N-methyl/N-ethyl adjacent to an activating group) is 1. The first-order valence-corrected chi connectivity index (χ1v) is 15.2. The second-order valence-electron chi connectivity index (χ2n) is 10.4. The molecule has 1 aliphatic rings. The van der Waals surface area contributed by atoms with E-state index in [0.717, 1.165) is 26.7 Å². The molecular weight excluding hydrogens is 540 g/mol. The summed E-state index contributed by atoms with van der Waals surface area (Å²) in [6, 6.07) is 23.0. The zero-order chi connectivity index (χ0) is 29.6. The first-order chi connectivity index (χ1) is 19.6. The van der Waals surface area contributed by atoms with Crippen molar-refractivity contribution >= 4 is 21.9 Å². The van der Waals surface area contributed by atoms with E-state index in [1.165, 1.54) is 14.2 Å². The molecule has 0 spiro atoms. The molecule has 0 radical (unpaired) electrons. The van der Waals surface area contributed by atoms with E-state index in [4.69, 9.17) is 9.47 Å². The molecule has 1 aliphatic carbocycles. The van der Waals surface area contributed by atoms with E-state index >= 15 is 0 Å². The maximum Gasteiger partial charge on any atom is 0.324 e. The molecule has 0 heterocycles. The number of carbonyl (C=O) groups excluding carboxylic acids is 2. The third kappa shape index (κ3) is 6.97. The molecule has 1 atom stereocenters. The SMILES string of the molecule is COC(=O)C(C1CCC(N(Cc2ccccc2)C(C)=O)CC1)N(C)S(=O)(=O)c1ccc(-c2ccc(OC)cc2)cc1. The van der Waals surface area contributed by atoms with Crippen molar-refractivity contribution in [2.24, 2.45) is 5.92 Å². The Balaban J connectivity index is 1.48. The molecular formula is C32H38N2O6S. The van der Waals surface area contributed by atoms with Crippen LogP contribution in [0.1, 0.15) is 38.2 Å². The summed E-state index contributed by atoms with van der Waals surface area (Å²) in [5.74, 6) is -0.0769. The Hall–Kier alpha value is -3.69. The zero-order valence-corrected chi connectivity index (χ0v) is 24.8. The first-order valence-electron chi connectivity index (χ1n) is 13.8. The van der Waals surface area contributed by atoms with Crippen LogP contribution in [-0.4, -0.2) is 62.9 Å². The number of carbonyl (C=O) groups is 2. The molecule has 3 aromatic carbocycles. The molecule has 0 aliphatic heterocycles. The molecule has 1 saturated carbocycles. The van der Waals surface area contributed by atoms with E-state index in [0.29, 0.717) is 32.2 Å². The number of hydrogen-bond donors (Lipinski definition) is 0. The average molecular weight is 579 g/mol. The van der Waals surface area contributed by atoms with E-state index in [2.05, 4.69) is 0 Å². The lowest BCUT2D eigenvalue weighted by molar-refractivity contribution is -0.147. The zero-order valence-electron chi connectivity index (χ0n) is 24.0. The quantitative estimate of drug-likeness (QED) is 0.310. The maximum atomic E-state index is 13.7. The third-order valence-electron chi connectivity index (χ3n) is 8.02. The van der Waals surface area contributed by atoms with Crippen molar-refractivity contribution in [1.29, 1.82) is 0 Å². The van der Waals surface area contributed by atoms with Crippen LogP contribution in [0, 0.1) is 5.92 Å². The summed E-state index contributed by atoms with van der Waals surface area (Å²) in [7, 11) is 0.336. The predicted molar refractivity (Wildman–Crippen MR) is 158 cm³/mol. The van der Waals surface area contributed by atoms with Gasteiger partial charge in [-0.2, -0.15) is 4.31 Å². The number of rotatable bonds is 10. The summed E-state index contributed by atoms with van der Waals surface area (Å²) in [6.07, 6.45) is 2.54. The molecule has 9 heteroatoms. The average Bonchev–Trinajstić information content (AvgIpc) is 3.00. The van der Waals surface area contributed by atoms with Gasteiger partial charge in [-0.3, -0.25) is 9.59 Å². The van der Waals surface area contributed by atoms with Crippen molar-refractivity contribution in [2.45, 2.75) is 56.1 Å². The van der Waals surface area contributed by atoms with Crippen LogP contribution in [0.4, 0.5) is 0 Å². The number of nitrogens with zero attached hydrogens (tertiary/aromatic N) is 2. The van der Waals surface area contributed by atoms with Gasteiger partial charge in [0.2, 0.25) is 15.9 Å². The fourth-order valence-electron chi connectivity index (χ4n) is 5.68. The van der Waals surface area contributed by atoms with Gasteiger partial charge in [0.25, 0.3) is 0 Å². The van der Waals surface area contributed by atoms with Crippen molar-refractivity contribution in [1.82, 2.24) is 9.21 Å². The number of hydrogen-bond acceptors (Lipinski definition) is 6. The van der Waals surface area contributed by atoms with Crippen LogP contribution >= 0.6 is 0 Å². The van der Waals surface area contributed by atoms with Crippen LogP contribution < -0.4 is 4.74 Å². The Morgan fingerprint density at radius 2 is 1.41 bits per heavy atom. The van der Waals surface area contributed by atoms with Crippen LogP contribution in [0.15, 0.2) is 83.8 Å². The van der Waals surface area contributed by atoms with Crippen molar-refractivity contribution in [2.75, 3.05) is 21.3 Å². The van der Waals surface area contributed by atoms with Gasteiger partial charge in [-0.1, -0.05) is 54.6 Å². The van der Waals surface area contributed by atoms with E-state index < -0.39 is 22.0 Å². The van der Waals surface area contributed by atoms with Crippen LogP contribution in [0.25, 0.3) is 11.1 Å². The van der Waals surface area contributed by atoms with Crippen molar-refractivity contribution in [3.05, 3.63) is 84.4 Å². The Labute approximate surface area is 242 Å². The molecule has 4 rings (SSSR count). The standard InChI is InChI=1S/C32H38N2O6S/c1-23(35)34(22-24-8-6-5-7-9-24)28-16-10-27(11-17-28)31(32(36)40-4)33(2)41(37,38)30-20-14-26(15-21-30)25-12-18-29(39-3)19-13-25/h5-9,12-15,18-21,27-28,31H,10-11,16-17,22H2,1-4H3. The van der Waals surface area contributed by atoms with Gasteiger partial charge >= 0.3 is 5.97 Å². The highest BCUT2D eigenvalue weighted by Crippen LogP contribution is 2.35. The molecule has 218 valence electrons. The largest absolute Gasteiger partial charge is 0.497 e. The van der Waals surface area contributed by atoms with Crippen LogP contribution in [-0.2, 0) is 30.9 Å². The Morgan fingerprint density at radius 3 is 1.93 bits per heavy atom. The number of sulfonamides is 1. The summed E-state index contributed by atoms with van der Waals surface area (Å²) in [5.41, 5.74) is 2.85. The van der Waals surface area contributed by atoms with Crippen molar-refractivity contribution in [3.63, 3.8) is 0 Å². The van der Waals surface area contributed by atoms with E-state index in [1.54, 1.807) is 38.3 Å². The fourth-order valence-corrected chi connectivity index (χ4v) is 7.05. The Morgan fingerprint density at radius 1 is 0.854 bits per heavy atom. The minimum absolute atomic E-state index is 0.000367. The monoisotopic (exact) mass is 578 g/mol. The summed E-state index contributed by atoms with van der Waals surface area (Å²) >= 11 is 0. The van der Waals surface area contributed by atoms with Gasteiger partial charge < -0.3 is 14.4 Å². The molecule has 8 nitrogen and oxygen atoms in total. The lowest BCUT2D eigenvalue weighted by Gasteiger charge is -2.40. The van der Waals surface area contributed by atoms with Gasteiger partial charge in [-0.05, 0) is 72.6 Å². The minimum atomic E-state index is -3.99. The second kappa shape index (κ2) is 13.3. The summed E-state index contributed by atoms with van der Waals surface area (Å²) in [5, 5.41) is 0. The molecule has 0 saturated heterocycles. The highest BCUT2D eigenvalue weighted by atomic mass is 32.2. The van der Waals surface area contributed by atoms with E-state index in [1.807, 2.05) is 59.5 Å². The fraction of sp³-hybridized carbons (Fsp3) is 0.375. The van der Waals surface area contributed by atoms with E-state index in [9.17, 15) is 18.0 Å². The number of esters is 1. The van der Waals surface area contributed by atoms with Gasteiger partial charge in [0.15, 0.2) is 0 Å². The number of ether oxygens (including phenoxy) is 2. The molecule has 3 aromatic rings. The second-order valence-corrected chi connectivity index (χ2v) is 12.4. The number of methoxy groups -OCH3 is 2. The van der Waals surface area contributed by atoms with Crippen molar-refractivity contribution in [3.8, 4) is 16.9 Å². The van der Waals surface area contributed by atoms with E-state index in [-0.39, 0.29) is 22.8 Å². The number of benzene rings is 3. The highest BCUT2D eigenvalue weighted by molar-refractivity contribution is 7.89. The molecule has 0 bridgehead atoms. The minimum Gasteiger partial charge on any atom is -0.497 e. The van der Waals surface area contributed by atoms with Gasteiger partial charge in [0.1, 0.15) is 11.8 Å². The van der Waals surface area contributed by atoms with Crippen LogP contribution in [0.5, 0.6) is 5.75 Å². The molecule has 1 amide bonds. The summed E-state index contributed by atoms with van der Waals surface area (Å²) < 4.78 is 38.8. The summed E-state index contributed by atoms with van der Waals surface area (Å²) in [6.45, 7) is 2.10. The normalized spacial score (nSPS) is 18.0. The molecule has 1 fully saturated rings. The van der Waals surface area contributed by atoms with Gasteiger partial charge in [-0.15, -0.1) is 0 Å². The molecule has 1 unspecified atom stereocenters. The number of amides is 1. The third-order valence-corrected chi connectivity index (χ3v) is 9.87. The van der Waals surface area contributed by atoms with Crippen molar-refractivity contribution < 1.29 is 27.5 Å². The smallest absolute Gasteiger partial charge is 0.324 e. The van der Waals surface area contributed by atoms with Gasteiger partial charge in [0, 0.05) is 26.6 Å². The Bertz CT molecular complexity index is 1420. The molecule has 41 heavy (non-hydrogen) atoms. The maximum absolute atomic E-state index is 13.7. The molecule has 0 aromatic heterocycles. The van der Waals surface area contributed by atoms with Gasteiger partial charge in [0.05, 0.1) is 19.1 Å². The van der Waals surface area contributed by atoms with Gasteiger partial charge in [-0.25, -0.2) is 8.42 Å². The predicted octanol–water partition coefficient (Wildman–Crippen LogP) is 5.13. The topological polar surface area (TPSA) is 93.2 Å². The summed E-state index contributed by atoms with van der Waals surface area (Å²) in [4.78, 5) is 27.5. The van der Waals surface area contributed by atoms with Crippen LogP contribution in [0.2, 0.25) is 0 Å². The van der Waals surface area contributed by atoms with Crippen LogP contribution in [0.3, 0.4) is 0 Å². The Kier molecular flexibility index (Phi) is 9.83.